The number of aromatic nitrogens is 3. The van der Waals surface area contributed by atoms with Gasteiger partial charge in [-0.05, 0) is 42.5 Å². The van der Waals surface area contributed by atoms with Crippen LogP contribution in [-0.2, 0) is 17.5 Å². The fourth-order valence-corrected chi connectivity index (χ4v) is 4.29. The summed E-state index contributed by atoms with van der Waals surface area (Å²) in [7, 11) is 0. The second-order valence-electron chi connectivity index (χ2n) is 7.76. The Kier molecular flexibility index (Phi) is 8.32. The molecule has 4 aromatic rings. The van der Waals surface area contributed by atoms with Crippen molar-refractivity contribution in [2.45, 2.75) is 17.9 Å². The highest BCUT2D eigenvalue weighted by atomic mass is 35.5. The van der Waals surface area contributed by atoms with Gasteiger partial charge in [-0.2, -0.15) is 13.2 Å². The summed E-state index contributed by atoms with van der Waals surface area (Å²) in [6.07, 6.45) is -4.59. The number of halogens is 5. The Labute approximate surface area is 223 Å². The second kappa shape index (κ2) is 11.7. The zero-order valence-electron chi connectivity index (χ0n) is 19.3. The van der Waals surface area contributed by atoms with Crippen LogP contribution >= 0.6 is 23.4 Å². The molecule has 38 heavy (non-hydrogen) atoms. The highest BCUT2D eigenvalue weighted by Gasteiger charge is 2.31. The van der Waals surface area contributed by atoms with Crippen LogP contribution in [0.3, 0.4) is 0 Å². The summed E-state index contributed by atoms with van der Waals surface area (Å²) in [6, 6.07) is 17.0. The van der Waals surface area contributed by atoms with Gasteiger partial charge < -0.3 is 10.6 Å². The normalized spacial score (nSPS) is 11.3. The smallest absolute Gasteiger partial charge is 0.345 e. The molecule has 2 N–H and O–H groups in total. The van der Waals surface area contributed by atoms with Crippen LogP contribution in [0.25, 0.3) is 5.69 Å². The predicted molar refractivity (Wildman–Crippen MR) is 135 cm³/mol. The van der Waals surface area contributed by atoms with Crippen molar-refractivity contribution < 1.29 is 27.2 Å². The van der Waals surface area contributed by atoms with Crippen LogP contribution in [0.4, 0.5) is 23.2 Å². The molecule has 0 radical (unpaired) electrons. The molecule has 7 nitrogen and oxygen atoms in total. The van der Waals surface area contributed by atoms with E-state index in [4.69, 9.17) is 11.6 Å². The van der Waals surface area contributed by atoms with Gasteiger partial charge in [-0.15, -0.1) is 10.2 Å². The zero-order valence-corrected chi connectivity index (χ0v) is 20.9. The number of benzene rings is 3. The van der Waals surface area contributed by atoms with Crippen LogP contribution in [0.5, 0.6) is 0 Å². The first kappa shape index (κ1) is 27.1. The number of amides is 2. The number of carbonyl (C=O) groups excluding carboxylic acids is 2. The number of hydrogen-bond acceptors (Lipinski definition) is 5. The molecule has 4 rings (SSSR count). The Morgan fingerprint density at radius 3 is 2.39 bits per heavy atom. The summed E-state index contributed by atoms with van der Waals surface area (Å²) in [5.74, 6) is -1.84. The van der Waals surface area contributed by atoms with Crippen molar-refractivity contribution in [3.8, 4) is 5.69 Å². The van der Waals surface area contributed by atoms with Crippen LogP contribution in [0.2, 0.25) is 5.02 Å². The zero-order chi connectivity index (χ0) is 27.3. The van der Waals surface area contributed by atoms with Gasteiger partial charge in [0.2, 0.25) is 5.91 Å². The maximum atomic E-state index is 14.0. The van der Waals surface area contributed by atoms with Gasteiger partial charge in [0.05, 0.1) is 34.1 Å². The summed E-state index contributed by atoms with van der Waals surface area (Å²) >= 11 is 6.94. The molecule has 1 heterocycles. The minimum atomic E-state index is -4.59. The summed E-state index contributed by atoms with van der Waals surface area (Å²) in [5.41, 5.74) is -0.613. The second-order valence-corrected chi connectivity index (χ2v) is 9.11. The Bertz CT molecular complexity index is 1460. The summed E-state index contributed by atoms with van der Waals surface area (Å²) in [5, 5.41) is 13.4. The molecular weight excluding hydrogens is 546 g/mol. The lowest BCUT2D eigenvalue weighted by atomic mass is 10.2. The largest absolute Gasteiger partial charge is 0.416 e. The van der Waals surface area contributed by atoms with Gasteiger partial charge in [0.25, 0.3) is 5.91 Å². The van der Waals surface area contributed by atoms with Crippen molar-refractivity contribution in [3.05, 3.63) is 101 Å². The predicted octanol–water partition coefficient (Wildman–Crippen LogP) is 5.74. The molecule has 0 aliphatic carbocycles. The van der Waals surface area contributed by atoms with Gasteiger partial charge in [-0.3, -0.25) is 14.2 Å². The van der Waals surface area contributed by atoms with Crippen molar-refractivity contribution in [3.63, 3.8) is 0 Å². The third-order valence-corrected chi connectivity index (χ3v) is 6.40. The highest BCUT2D eigenvalue weighted by molar-refractivity contribution is 7.99. The molecule has 0 atom stereocenters. The molecule has 13 heteroatoms. The van der Waals surface area contributed by atoms with Crippen LogP contribution in [0.15, 0.2) is 78.0 Å². The Balaban J connectivity index is 1.49. The lowest BCUT2D eigenvalue weighted by Gasteiger charge is -2.12. The first-order valence-corrected chi connectivity index (χ1v) is 12.3. The quantitative estimate of drug-likeness (QED) is 0.211. The van der Waals surface area contributed by atoms with Gasteiger partial charge in [0.15, 0.2) is 11.0 Å². The Hall–Kier alpha value is -3.90. The average Bonchev–Trinajstić information content (AvgIpc) is 3.30. The van der Waals surface area contributed by atoms with E-state index in [0.717, 1.165) is 30.0 Å². The van der Waals surface area contributed by atoms with E-state index in [1.165, 1.54) is 24.3 Å². The van der Waals surface area contributed by atoms with E-state index in [2.05, 4.69) is 20.8 Å². The maximum Gasteiger partial charge on any atom is 0.416 e. The number of thioether (sulfide) groups is 1. The van der Waals surface area contributed by atoms with E-state index in [1.807, 2.05) is 0 Å². The molecule has 0 fully saturated rings. The number of nitrogens with zero attached hydrogens (tertiary/aromatic N) is 3. The average molecular weight is 564 g/mol. The molecule has 3 aromatic carbocycles. The van der Waals surface area contributed by atoms with E-state index in [0.29, 0.717) is 11.5 Å². The Morgan fingerprint density at radius 2 is 1.68 bits per heavy atom. The fraction of sp³-hybridized carbons (Fsp3) is 0.120. The first-order valence-electron chi connectivity index (χ1n) is 11.0. The number of rotatable bonds is 8. The maximum absolute atomic E-state index is 14.0. The van der Waals surface area contributed by atoms with Gasteiger partial charge in [0, 0.05) is 5.69 Å². The lowest BCUT2D eigenvalue weighted by molar-refractivity contribution is -0.137. The van der Waals surface area contributed by atoms with Crippen LogP contribution in [-0.4, -0.2) is 32.3 Å². The number of para-hydroxylation sites is 1. The molecule has 0 saturated heterocycles. The molecule has 0 saturated carbocycles. The Morgan fingerprint density at radius 1 is 0.974 bits per heavy atom. The van der Waals surface area contributed by atoms with Gasteiger partial charge in [-0.25, -0.2) is 4.39 Å². The van der Waals surface area contributed by atoms with Crippen molar-refractivity contribution in [1.29, 1.82) is 0 Å². The van der Waals surface area contributed by atoms with E-state index >= 15 is 0 Å². The van der Waals surface area contributed by atoms with Crippen LogP contribution < -0.4 is 10.6 Å². The number of hydrogen-bond donors (Lipinski definition) is 2. The molecule has 0 unspecified atom stereocenters. The minimum Gasteiger partial charge on any atom is -0.345 e. The van der Waals surface area contributed by atoms with Gasteiger partial charge in [0.1, 0.15) is 5.82 Å². The van der Waals surface area contributed by atoms with E-state index in [1.54, 1.807) is 34.9 Å². The van der Waals surface area contributed by atoms with Crippen LogP contribution in [0, 0.1) is 5.82 Å². The molecular formula is C25H18ClF4N5O2S. The third kappa shape index (κ3) is 6.50. The third-order valence-electron chi connectivity index (χ3n) is 5.14. The molecule has 0 spiro atoms. The summed E-state index contributed by atoms with van der Waals surface area (Å²) in [4.78, 5) is 25.0. The topological polar surface area (TPSA) is 88.9 Å². The summed E-state index contributed by atoms with van der Waals surface area (Å²) < 4.78 is 54.6. The fourth-order valence-electron chi connectivity index (χ4n) is 3.36. The monoisotopic (exact) mass is 563 g/mol. The molecule has 0 aliphatic heterocycles. The number of carbonyl (C=O) groups is 2. The first-order chi connectivity index (χ1) is 18.1. The van der Waals surface area contributed by atoms with Crippen LogP contribution in [0.1, 0.15) is 21.7 Å². The van der Waals surface area contributed by atoms with E-state index in [-0.39, 0.29) is 33.7 Å². The number of nitrogens with one attached hydrogen (secondary N) is 2. The molecule has 0 aliphatic rings. The van der Waals surface area contributed by atoms with Gasteiger partial charge >= 0.3 is 6.18 Å². The molecule has 2 amide bonds. The number of alkyl halides is 3. The minimum absolute atomic E-state index is 0.0447. The molecule has 1 aromatic heterocycles. The molecule has 196 valence electrons. The van der Waals surface area contributed by atoms with E-state index < -0.39 is 29.4 Å². The van der Waals surface area contributed by atoms with E-state index in [9.17, 15) is 27.2 Å². The SMILES string of the molecule is O=C(CSc1nnc(CNC(=O)c2ccccc2F)n1-c1ccccc1)Nc1cc(C(F)(F)F)ccc1Cl. The van der Waals surface area contributed by atoms with Crippen molar-refractivity contribution in [2.75, 3.05) is 11.1 Å². The van der Waals surface area contributed by atoms with Crippen molar-refractivity contribution in [2.24, 2.45) is 0 Å². The standard InChI is InChI=1S/C25H18ClF4N5O2S/c26-18-11-10-15(25(28,29)30)12-20(18)32-22(36)14-38-24-34-33-21(35(24)16-6-2-1-3-7-16)13-31-23(37)17-8-4-5-9-19(17)27/h1-12H,13-14H2,(H,31,37)(H,32,36). The summed E-state index contributed by atoms with van der Waals surface area (Å²) in [6.45, 7) is -0.0956. The van der Waals surface area contributed by atoms with Crippen molar-refractivity contribution >= 4 is 40.9 Å². The highest BCUT2D eigenvalue weighted by Crippen LogP contribution is 2.34. The lowest BCUT2D eigenvalue weighted by Crippen LogP contribution is -2.25. The number of anilines is 1. The molecule has 0 bridgehead atoms. The van der Waals surface area contributed by atoms with Gasteiger partial charge in [-0.1, -0.05) is 53.7 Å². The van der Waals surface area contributed by atoms with Crippen molar-refractivity contribution in [1.82, 2.24) is 20.1 Å².